The topological polar surface area (TPSA) is 75.7 Å². The smallest absolute Gasteiger partial charge is 0.311 e. The van der Waals surface area contributed by atoms with Gasteiger partial charge in [0, 0.05) is 18.7 Å². The quantitative estimate of drug-likeness (QED) is 0.777. The highest BCUT2D eigenvalue weighted by Gasteiger charge is 2.37. The Morgan fingerprint density at radius 1 is 1.18 bits per heavy atom. The summed E-state index contributed by atoms with van der Waals surface area (Å²) < 4.78 is 18.9. The van der Waals surface area contributed by atoms with Crippen LogP contribution in [0.5, 0.6) is 0 Å². The number of nitrogens with one attached hydrogen (secondary N) is 1. The number of rotatable bonds is 6. The first kappa shape index (κ1) is 19.5. The van der Waals surface area contributed by atoms with E-state index in [1.54, 1.807) is 18.2 Å². The highest BCUT2D eigenvalue weighted by Crippen LogP contribution is 2.27. The Balaban J connectivity index is 1.51. The fourth-order valence-corrected chi connectivity index (χ4v) is 3.04. The Morgan fingerprint density at radius 3 is 2.57 bits per heavy atom. The molecule has 0 aliphatic carbocycles. The van der Waals surface area contributed by atoms with Crippen LogP contribution in [0.3, 0.4) is 0 Å². The largest absolute Gasteiger partial charge is 0.455 e. The predicted molar refractivity (Wildman–Crippen MR) is 102 cm³/mol. The van der Waals surface area contributed by atoms with Gasteiger partial charge in [-0.1, -0.05) is 31.2 Å². The number of hydrogen-bond acceptors (Lipinski definition) is 4. The van der Waals surface area contributed by atoms with Gasteiger partial charge in [0.1, 0.15) is 5.82 Å². The highest BCUT2D eigenvalue weighted by atomic mass is 19.1. The average Bonchev–Trinajstić information content (AvgIpc) is 3.08. The number of carbonyl (C=O) groups excluding carboxylic acids is 3. The lowest BCUT2D eigenvalue weighted by atomic mass is 10.1. The third-order valence-electron chi connectivity index (χ3n) is 4.59. The maximum absolute atomic E-state index is 13.9. The molecule has 2 aromatic rings. The van der Waals surface area contributed by atoms with E-state index in [1.165, 1.54) is 23.1 Å². The van der Waals surface area contributed by atoms with Gasteiger partial charge in [-0.2, -0.15) is 0 Å². The molecule has 2 amide bonds. The first-order valence-electron chi connectivity index (χ1n) is 9.08. The second-order valence-electron chi connectivity index (χ2n) is 6.56. The van der Waals surface area contributed by atoms with Crippen molar-refractivity contribution in [3.63, 3.8) is 0 Å². The molecule has 3 rings (SSSR count). The molecule has 1 atom stereocenters. The molecule has 6 nitrogen and oxygen atoms in total. The Hall–Kier alpha value is -3.22. The van der Waals surface area contributed by atoms with Gasteiger partial charge in [0.05, 0.1) is 11.6 Å². The Labute approximate surface area is 162 Å². The molecule has 1 aliphatic heterocycles. The van der Waals surface area contributed by atoms with Crippen LogP contribution in [0, 0.1) is 11.7 Å². The van der Waals surface area contributed by atoms with Gasteiger partial charge in [-0.05, 0) is 36.2 Å². The van der Waals surface area contributed by atoms with Crippen LogP contribution in [0.4, 0.5) is 15.8 Å². The van der Waals surface area contributed by atoms with Gasteiger partial charge >= 0.3 is 5.97 Å². The molecule has 1 heterocycles. The highest BCUT2D eigenvalue weighted by molar-refractivity contribution is 6.00. The summed E-state index contributed by atoms with van der Waals surface area (Å²) in [5.74, 6) is -2.73. The van der Waals surface area contributed by atoms with Crippen molar-refractivity contribution in [1.29, 1.82) is 0 Å². The van der Waals surface area contributed by atoms with Gasteiger partial charge in [0.25, 0.3) is 5.91 Å². The molecule has 0 aromatic heterocycles. The van der Waals surface area contributed by atoms with Crippen molar-refractivity contribution in [2.45, 2.75) is 19.8 Å². The number of ether oxygens (including phenoxy) is 1. The summed E-state index contributed by atoms with van der Waals surface area (Å²) in [7, 11) is 0. The van der Waals surface area contributed by atoms with E-state index in [-0.39, 0.29) is 24.6 Å². The maximum atomic E-state index is 13.9. The molecular formula is C21H21FN2O4. The van der Waals surface area contributed by atoms with Crippen LogP contribution < -0.4 is 10.2 Å². The molecule has 2 aromatic carbocycles. The minimum Gasteiger partial charge on any atom is -0.455 e. The van der Waals surface area contributed by atoms with E-state index in [0.29, 0.717) is 5.69 Å². The van der Waals surface area contributed by atoms with E-state index in [2.05, 4.69) is 5.32 Å². The van der Waals surface area contributed by atoms with Crippen molar-refractivity contribution in [3.8, 4) is 0 Å². The van der Waals surface area contributed by atoms with E-state index < -0.39 is 30.2 Å². The zero-order valence-corrected chi connectivity index (χ0v) is 15.5. The number of nitrogens with zero attached hydrogens (tertiary/aromatic N) is 1. The van der Waals surface area contributed by atoms with E-state index in [0.717, 1.165) is 12.0 Å². The second-order valence-corrected chi connectivity index (χ2v) is 6.56. The Bertz CT molecular complexity index is 882. The number of para-hydroxylation sites is 1. The third kappa shape index (κ3) is 4.54. The molecule has 1 aliphatic rings. The van der Waals surface area contributed by atoms with Crippen molar-refractivity contribution in [2.75, 3.05) is 23.4 Å². The maximum Gasteiger partial charge on any atom is 0.311 e. The number of carbonyl (C=O) groups is 3. The van der Waals surface area contributed by atoms with Gasteiger partial charge in [-0.25, -0.2) is 4.39 Å². The molecule has 1 saturated heterocycles. The molecule has 1 fully saturated rings. The third-order valence-corrected chi connectivity index (χ3v) is 4.59. The first-order chi connectivity index (χ1) is 13.5. The number of hydrogen-bond donors (Lipinski definition) is 1. The van der Waals surface area contributed by atoms with Gasteiger partial charge < -0.3 is 15.0 Å². The molecule has 0 radical (unpaired) electrons. The molecule has 146 valence electrons. The van der Waals surface area contributed by atoms with Gasteiger partial charge in [-0.15, -0.1) is 0 Å². The Kier molecular flexibility index (Phi) is 6.03. The summed E-state index contributed by atoms with van der Waals surface area (Å²) in [6.07, 6.45) is 0.823. The Morgan fingerprint density at radius 2 is 1.89 bits per heavy atom. The molecule has 0 saturated carbocycles. The second kappa shape index (κ2) is 8.65. The zero-order valence-electron chi connectivity index (χ0n) is 15.5. The van der Waals surface area contributed by atoms with Crippen LogP contribution in [-0.4, -0.2) is 30.9 Å². The SMILES string of the molecule is CCc1ccc(NC(=O)COC(=O)[C@@H]2CC(=O)N(c3ccccc3F)C2)cc1. The summed E-state index contributed by atoms with van der Waals surface area (Å²) in [4.78, 5) is 37.6. The minimum atomic E-state index is -0.733. The van der Waals surface area contributed by atoms with E-state index >= 15 is 0 Å². The van der Waals surface area contributed by atoms with Crippen molar-refractivity contribution in [2.24, 2.45) is 5.92 Å². The van der Waals surface area contributed by atoms with Crippen molar-refractivity contribution in [1.82, 2.24) is 0 Å². The van der Waals surface area contributed by atoms with Crippen LogP contribution in [0.1, 0.15) is 18.9 Å². The summed E-state index contributed by atoms with van der Waals surface area (Å²) >= 11 is 0. The average molecular weight is 384 g/mol. The fraction of sp³-hybridized carbons (Fsp3) is 0.286. The van der Waals surface area contributed by atoms with Crippen LogP contribution in [0.15, 0.2) is 48.5 Å². The number of anilines is 2. The monoisotopic (exact) mass is 384 g/mol. The fourth-order valence-electron chi connectivity index (χ4n) is 3.04. The molecule has 0 bridgehead atoms. The number of esters is 1. The van der Waals surface area contributed by atoms with Crippen LogP contribution in [0.2, 0.25) is 0 Å². The van der Waals surface area contributed by atoms with Crippen molar-refractivity contribution >= 4 is 29.2 Å². The zero-order chi connectivity index (χ0) is 20.1. The molecule has 0 unspecified atom stereocenters. The molecule has 0 spiro atoms. The van der Waals surface area contributed by atoms with E-state index in [4.69, 9.17) is 4.74 Å². The van der Waals surface area contributed by atoms with Crippen LogP contribution in [-0.2, 0) is 25.5 Å². The lowest BCUT2D eigenvalue weighted by Crippen LogP contribution is -2.28. The normalized spacial score (nSPS) is 16.1. The summed E-state index contributed by atoms with van der Waals surface area (Å²) in [6.45, 7) is 1.62. The summed E-state index contributed by atoms with van der Waals surface area (Å²) in [5, 5.41) is 2.65. The lowest BCUT2D eigenvalue weighted by Gasteiger charge is -2.17. The lowest BCUT2D eigenvalue weighted by molar-refractivity contribution is -0.151. The first-order valence-corrected chi connectivity index (χ1v) is 9.08. The minimum absolute atomic E-state index is 0.0265. The predicted octanol–water partition coefficient (Wildman–Crippen LogP) is 2.92. The van der Waals surface area contributed by atoms with Crippen molar-refractivity contribution < 1.29 is 23.5 Å². The van der Waals surface area contributed by atoms with Gasteiger partial charge in [-0.3, -0.25) is 14.4 Å². The number of benzene rings is 2. The van der Waals surface area contributed by atoms with Gasteiger partial charge in [0.2, 0.25) is 5.91 Å². The standard InChI is InChI=1S/C21H21FN2O4/c1-2-14-7-9-16(10-8-14)23-19(25)13-28-21(27)15-11-20(26)24(12-15)18-6-4-3-5-17(18)22/h3-10,15H,2,11-13H2,1H3,(H,23,25)/t15-/m1/s1. The van der Waals surface area contributed by atoms with Crippen LogP contribution >= 0.6 is 0 Å². The number of halogens is 1. The number of aryl methyl sites for hydroxylation is 1. The van der Waals surface area contributed by atoms with E-state index in [9.17, 15) is 18.8 Å². The van der Waals surface area contributed by atoms with Crippen LogP contribution in [0.25, 0.3) is 0 Å². The van der Waals surface area contributed by atoms with Gasteiger partial charge in [0.15, 0.2) is 6.61 Å². The number of amides is 2. The van der Waals surface area contributed by atoms with Crippen molar-refractivity contribution in [3.05, 3.63) is 59.9 Å². The molecular weight excluding hydrogens is 363 g/mol. The molecule has 28 heavy (non-hydrogen) atoms. The summed E-state index contributed by atoms with van der Waals surface area (Å²) in [6, 6.07) is 13.3. The molecule has 7 heteroatoms. The molecule has 1 N–H and O–H groups in total. The van der Waals surface area contributed by atoms with E-state index in [1.807, 2.05) is 19.1 Å². The summed E-state index contributed by atoms with van der Waals surface area (Å²) in [5.41, 5.74) is 1.89.